The highest BCUT2D eigenvalue weighted by atomic mass is 16.5. The molecule has 2 aliphatic heterocycles. The highest BCUT2D eigenvalue weighted by molar-refractivity contribution is 6.09. The van der Waals surface area contributed by atoms with Gasteiger partial charge in [0.05, 0.1) is 18.9 Å². The molecule has 1 aromatic rings. The summed E-state index contributed by atoms with van der Waals surface area (Å²) < 4.78 is 5.07. The Labute approximate surface area is 159 Å². The summed E-state index contributed by atoms with van der Waals surface area (Å²) in [5.41, 5.74) is 0.669. The number of carbonyl (C=O) groups excluding carboxylic acids is 3. The second-order valence-electron chi connectivity index (χ2n) is 7.86. The molecular formula is C20H27N3O4. The van der Waals surface area contributed by atoms with E-state index in [1.54, 1.807) is 0 Å². The van der Waals surface area contributed by atoms with Crippen LogP contribution >= 0.6 is 0 Å². The number of anilines is 1. The summed E-state index contributed by atoms with van der Waals surface area (Å²) in [5, 5.41) is 3.35. The van der Waals surface area contributed by atoms with Gasteiger partial charge in [-0.3, -0.25) is 24.6 Å². The number of ether oxygens (including phenoxy) is 1. The summed E-state index contributed by atoms with van der Waals surface area (Å²) in [4.78, 5) is 41.8. The Hall–Kier alpha value is -2.41. The van der Waals surface area contributed by atoms with Crippen molar-refractivity contribution in [3.8, 4) is 0 Å². The molecular weight excluding hydrogens is 346 g/mol. The summed E-state index contributed by atoms with van der Waals surface area (Å²) in [6.45, 7) is 3.74. The Morgan fingerprint density at radius 2 is 1.78 bits per heavy atom. The number of nitrogens with zero attached hydrogens (tertiary/aromatic N) is 2. The number of nitrogens with one attached hydrogen (secondary N) is 1. The first-order chi connectivity index (χ1) is 12.7. The predicted octanol–water partition coefficient (Wildman–Crippen LogP) is 1.20. The van der Waals surface area contributed by atoms with Crippen LogP contribution in [0.4, 0.5) is 5.69 Å². The number of methoxy groups -OCH3 is 1. The SMILES string of the molecule is COC(=O)C1(C(C)C)NC(c2ccc(N(C)C)cc2)C2C(=O)N(C)C(=O)C21. The largest absolute Gasteiger partial charge is 0.468 e. The van der Waals surface area contributed by atoms with Crippen molar-refractivity contribution in [1.82, 2.24) is 10.2 Å². The number of amides is 2. The van der Waals surface area contributed by atoms with E-state index in [1.165, 1.54) is 14.2 Å². The minimum atomic E-state index is -1.23. The lowest BCUT2D eigenvalue weighted by Gasteiger charge is -2.35. The average Bonchev–Trinajstić information content (AvgIpc) is 3.12. The van der Waals surface area contributed by atoms with Gasteiger partial charge >= 0.3 is 5.97 Å². The molecule has 3 rings (SSSR count). The zero-order valence-corrected chi connectivity index (χ0v) is 16.6. The maximum absolute atomic E-state index is 12.9. The second kappa shape index (κ2) is 6.64. The van der Waals surface area contributed by atoms with Gasteiger partial charge in [-0.15, -0.1) is 0 Å². The van der Waals surface area contributed by atoms with E-state index in [0.717, 1.165) is 16.2 Å². The maximum atomic E-state index is 12.9. The molecule has 0 radical (unpaired) electrons. The van der Waals surface area contributed by atoms with E-state index in [-0.39, 0.29) is 17.7 Å². The zero-order valence-electron chi connectivity index (χ0n) is 16.6. The molecule has 0 spiro atoms. The van der Waals surface area contributed by atoms with Gasteiger partial charge in [0.2, 0.25) is 11.8 Å². The van der Waals surface area contributed by atoms with Crippen LogP contribution in [0.25, 0.3) is 0 Å². The smallest absolute Gasteiger partial charge is 0.327 e. The number of carbonyl (C=O) groups is 3. The number of rotatable bonds is 4. The Balaban J connectivity index is 2.12. The van der Waals surface area contributed by atoms with Crippen LogP contribution in [0.3, 0.4) is 0 Å². The van der Waals surface area contributed by atoms with Gasteiger partial charge in [0.15, 0.2) is 0 Å². The first kappa shape index (κ1) is 19.4. The van der Waals surface area contributed by atoms with Crippen LogP contribution in [0.1, 0.15) is 25.5 Å². The van der Waals surface area contributed by atoms with E-state index in [0.29, 0.717) is 0 Å². The standard InChI is InChI=1S/C20H27N3O4/c1-11(2)20(19(26)27-6)15-14(17(24)23(5)18(15)25)16(21-20)12-7-9-13(10-8-12)22(3)4/h7-11,14-16,21H,1-6H3. The molecule has 7 nitrogen and oxygen atoms in total. The summed E-state index contributed by atoms with van der Waals surface area (Å²) >= 11 is 0. The van der Waals surface area contributed by atoms with Gasteiger partial charge in [0.25, 0.3) is 0 Å². The van der Waals surface area contributed by atoms with Crippen LogP contribution in [-0.2, 0) is 19.1 Å². The van der Waals surface area contributed by atoms with Gasteiger partial charge in [-0.25, -0.2) is 0 Å². The third kappa shape index (κ3) is 2.64. The van der Waals surface area contributed by atoms with Gasteiger partial charge in [-0.2, -0.15) is 0 Å². The number of esters is 1. The first-order valence-corrected chi connectivity index (χ1v) is 9.11. The Morgan fingerprint density at radius 1 is 1.19 bits per heavy atom. The summed E-state index contributed by atoms with van der Waals surface area (Å²) in [6.07, 6.45) is 0. The van der Waals surface area contributed by atoms with Crippen LogP contribution < -0.4 is 10.2 Å². The molecule has 2 fully saturated rings. The summed E-state index contributed by atoms with van der Waals surface area (Å²) in [5.74, 6) is -2.73. The van der Waals surface area contributed by atoms with E-state index < -0.39 is 29.4 Å². The molecule has 27 heavy (non-hydrogen) atoms. The van der Waals surface area contributed by atoms with Crippen LogP contribution in [-0.4, -0.2) is 56.5 Å². The molecule has 7 heteroatoms. The van der Waals surface area contributed by atoms with Crippen LogP contribution in [0, 0.1) is 17.8 Å². The van der Waals surface area contributed by atoms with E-state index in [9.17, 15) is 14.4 Å². The van der Waals surface area contributed by atoms with Crippen molar-refractivity contribution in [3.63, 3.8) is 0 Å². The van der Waals surface area contributed by atoms with Crippen molar-refractivity contribution in [2.75, 3.05) is 33.2 Å². The fraction of sp³-hybridized carbons (Fsp3) is 0.550. The minimum Gasteiger partial charge on any atom is -0.468 e. The first-order valence-electron chi connectivity index (χ1n) is 9.11. The quantitative estimate of drug-likeness (QED) is 0.631. The number of hydrogen-bond acceptors (Lipinski definition) is 6. The van der Waals surface area contributed by atoms with Crippen molar-refractivity contribution < 1.29 is 19.1 Å². The van der Waals surface area contributed by atoms with Crippen LogP contribution in [0.15, 0.2) is 24.3 Å². The second-order valence-corrected chi connectivity index (χ2v) is 7.86. The molecule has 0 aromatic heterocycles. The lowest BCUT2D eigenvalue weighted by Crippen LogP contribution is -2.59. The highest BCUT2D eigenvalue weighted by Gasteiger charge is 2.69. The molecule has 1 aromatic carbocycles. The summed E-state index contributed by atoms with van der Waals surface area (Å²) in [7, 11) is 6.70. The Kier molecular flexibility index (Phi) is 4.76. The third-order valence-electron chi connectivity index (χ3n) is 6.02. The van der Waals surface area contributed by atoms with Gasteiger partial charge in [-0.1, -0.05) is 26.0 Å². The average molecular weight is 373 g/mol. The Morgan fingerprint density at radius 3 is 2.26 bits per heavy atom. The molecule has 0 aliphatic carbocycles. The van der Waals surface area contributed by atoms with Gasteiger partial charge in [0.1, 0.15) is 5.54 Å². The van der Waals surface area contributed by atoms with E-state index in [1.807, 2.05) is 57.1 Å². The van der Waals surface area contributed by atoms with E-state index in [2.05, 4.69) is 5.32 Å². The molecule has 2 saturated heterocycles. The molecule has 0 saturated carbocycles. The fourth-order valence-electron chi connectivity index (χ4n) is 4.47. The molecule has 1 N–H and O–H groups in total. The van der Waals surface area contributed by atoms with Crippen molar-refractivity contribution >= 4 is 23.5 Å². The normalized spacial score (nSPS) is 30.0. The predicted molar refractivity (Wildman–Crippen MR) is 101 cm³/mol. The van der Waals surface area contributed by atoms with Crippen LogP contribution in [0.2, 0.25) is 0 Å². The monoisotopic (exact) mass is 373 g/mol. The van der Waals surface area contributed by atoms with Crippen molar-refractivity contribution in [2.45, 2.75) is 25.4 Å². The van der Waals surface area contributed by atoms with Gasteiger partial charge in [-0.05, 0) is 23.6 Å². The van der Waals surface area contributed by atoms with Crippen molar-refractivity contribution in [1.29, 1.82) is 0 Å². The van der Waals surface area contributed by atoms with Crippen molar-refractivity contribution in [2.24, 2.45) is 17.8 Å². The lowest BCUT2D eigenvalue weighted by molar-refractivity contribution is -0.156. The van der Waals surface area contributed by atoms with Crippen LogP contribution in [0.5, 0.6) is 0 Å². The number of likely N-dealkylation sites (tertiary alicyclic amines) is 1. The summed E-state index contributed by atoms with van der Waals surface area (Å²) in [6, 6.07) is 7.37. The highest BCUT2D eigenvalue weighted by Crippen LogP contribution is 2.51. The zero-order chi connectivity index (χ0) is 20.1. The van der Waals surface area contributed by atoms with Gasteiger partial charge < -0.3 is 9.64 Å². The number of hydrogen-bond donors (Lipinski definition) is 1. The van der Waals surface area contributed by atoms with Crippen molar-refractivity contribution in [3.05, 3.63) is 29.8 Å². The molecule has 4 unspecified atom stereocenters. The number of benzene rings is 1. The molecule has 0 bridgehead atoms. The van der Waals surface area contributed by atoms with E-state index >= 15 is 0 Å². The third-order valence-corrected chi connectivity index (χ3v) is 6.02. The number of imide groups is 1. The number of fused-ring (bicyclic) bond motifs is 1. The molecule has 4 atom stereocenters. The van der Waals surface area contributed by atoms with Gasteiger partial charge in [0, 0.05) is 32.9 Å². The minimum absolute atomic E-state index is 0.230. The molecule has 146 valence electrons. The fourth-order valence-corrected chi connectivity index (χ4v) is 4.47. The lowest BCUT2D eigenvalue weighted by atomic mass is 9.73. The maximum Gasteiger partial charge on any atom is 0.327 e. The molecule has 2 amide bonds. The Bertz CT molecular complexity index is 774. The molecule has 2 aliphatic rings. The van der Waals surface area contributed by atoms with E-state index in [4.69, 9.17) is 4.74 Å². The topological polar surface area (TPSA) is 79.0 Å². The molecule has 2 heterocycles.